The predicted molar refractivity (Wildman–Crippen MR) is 93.5 cm³/mol. The summed E-state index contributed by atoms with van der Waals surface area (Å²) in [6.07, 6.45) is 2.15. The van der Waals surface area contributed by atoms with Gasteiger partial charge in [-0.05, 0) is 45.7 Å². The van der Waals surface area contributed by atoms with Crippen LogP contribution in [0.15, 0.2) is 42.6 Å². The first-order valence-electron chi connectivity index (χ1n) is 7.68. The molecule has 0 saturated heterocycles. The van der Waals surface area contributed by atoms with Crippen LogP contribution in [0.25, 0.3) is 16.9 Å². The van der Waals surface area contributed by atoms with Crippen LogP contribution in [0.5, 0.6) is 0 Å². The number of imidazole rings is 1. The molecule has 1 aromatic carbocycles. The van der Waals surface area contributed by atoms with Gasteiger partial charge in [0, 0.05) is 17.3 Å². The third-order valence-electron chi connectivity index (χ3n) is 3.58. The molecule has 3 rings (SSSR count). The van der Waals surface area contributed by atoms with Crippen molar-refractivity contribution in [3.63, 3.8) is 0 Å². The number of fused-ring (bicyclic) bond motifs is 1. The zero-order chi connectivity index (χ0) is 15.9. The molecule has 0 unspecified atom stereocenters. The van der Waals surface area contributed by atoms with E-state index in [1.807, 2.05) is 6.07 Å². The third-order valence-corrected chi connectivity index (χ3v) is 3.58. The molecular weight excluding hydrogens is 270 g/mol. The molecule has 22 heavy (non-hydrogen) atoms. The van der Waals surface area contributed by atoms with Gasteiger partial charge in [-0.25, -0.2) is 4.98 Å². The highest BCUT2D eigenvalue weighted by Crippen LogP contribution is 2.32. The molecule has 114 valence electrons. The second kappa shape index (κ2) is 5.16. The van der Waals surface area contributed by atoms with E-state index in [0.717, 1.165) is 22.7 Å². The molecule has 3 aromatic rings. The summed E-state index contributed by atoms with van der Waals surface area (Å²) in [5.74, 6) is 1.06. The number of aryl methyl sites for hydroxylation is 2. The van der Waals surface area contributed by atoms with E-state index in [2.05, 4.69) is 80.9 Å². The quantitative estimate of drug-likeness (QED) is 0.733. The molecule has 0 spiro atoms. The minimum atomic E-state index is -0.0306. The van der Waals surface area contributed by atoms with Crippen LogP contribution < -0.4 is 5.32 Å². The lowest BCUT2D eigenvalue weighted by Gasteiger charge is -2.22. The van der Waals surface area contributed by atoms with E-state index in [-0.39, 0.29) is 5.54 Å². The molecule has 0 saturated carbocycles. The second-order valence-electron chi connectivity index (χ2n) is 6.94. The second-order valence-corrected chi connectivity index (χ2v) is 6.94. The molecule has 1 N–H and O–H groups in total. The fourth-order valence-corrected chi connectivity index (χ4v) is 2.76. The van der Waals surface area contributed by atoms with E-state index in [1.165, 1.54) is 11.1 Å². The molecule has 0 radical (unpaired) electrons. The number of rotatable bonds is 2. The number of hydrogen-bond acceptors (Lipinski definition) is 2. The van der Waals surface area contributed by atoms with Gasteiger partial charge in [-0.15, -0.1) is 0 Å². The highest BCUT2D eigenvalue weighted by Gasteiger charge is 2.20. The van der Waals surface area contributed by atoms with Crippen molar-refractivity contribution in [2.45, 2.75) is 40.2 Å². The molecule has 2 aromatic heterocycles. The normalized spacial score (nSPS) is 11.9. The Morgan fingerprint density at radius 3 is 2.36 bits per heavy atom. The number of pyridine rings is 1. The maximum atomic E-state index is 4.91. The summed E-state index contributed by atoms with van der Waals surface area (Å²) in [6, 6.07) is 12.5. The van der Waals surface area contributed by atoms with Crippen molar-refractivity contribution in [1.29, 1.82) is 0 Å². The van der Waals surface area contributed by atoms with E-state index >= 15 is 0 Å². The van der Waals surface area contributed by atoms with Crippen molar-refractivity contribution in [2.24, 2.45) is 0 Å². The van der Waals surface area contributed by atoms with Gasteiger partial charge in [-0.2, -0.15) is 0 Å². The van der Waals surface area contributed by atoms with Crippen LogP contribution in [0.4, 0.5) is 5.82 Å². The van der Waals surface area contributed by atoms with Crippen LogP contribution in [-0.4, -0.2) is 14.9 Å². The largest absolute Gasteiger partial charge is 0.365 e. The number of hydrogen-bond donors (Lipinski definition) is 1. The zero-order valence-corrected chi connectivity index (χ0v) is 13.9. The lowest BCUT2D eigenvalue weighted by molar-refractivity contribution is 0.629. The van der Waals surface area contributed by atoms with Crippen LogP contribution in [0.1, 0.15) is 31.9 Å². The van der Waals surface area contributed by atoms with Gasteiger partial charge in [0.05, 0.1) is 0 Å². The first-order valence-corrected chi connectivity index (χ1v) is 7.68. The van der Waals surface area contributed by atoms with Gasteiger partial charge < -0.3 is 5.32 Å². The lowest BCUT2D eigenvalue weighted by Crippen LogP contribution is -2.27. The Morgan fingerprint density at radius 2 is 1.73 bits per heavy atom. The zero-order valence-electron chi connectivity index (χ0n) is 13.9. The van der Waals surface area contributed by atoms with Gasteiger partial charge in [-0.3, -0.25) is 4.40 Å². The average Bonchev–Trinajstić information content (AvgIpc) is 2.77. The molecule has 0 fully saturated rings. The minimum absolute atomic E-state index is 0.0306. The van der Waals surface area contributed by atoms with Gasteiger partial charge in [0.15, 0.2) is 0 Å². The fraction of sp³-hybridized carbons (Fsp3) is 0.316. The van der Waals surface area contributed by atoms with E-state index in [9.17, 15) is 0 Å². The van der Waals surface area contributed by atoms with Crippen LogP contribution >= 0.6 is 0 Å². The molecule has 0 aliphatic rings. The summed E-state index contributed by atoms with van der Waals surface area (Å²) in [6.45, 7) is 10.7. The van der Waals surface area contributed by atoms with Gasteiger partial charge in [-0.1, -0.05) is 36.4 Å². The van der Waals surface area contributed by atoms with Crippen molar-refractivity contribution in [3.8, 4) is 11.3 Å². The molecule has 2 heterocycles. The first-order chi connectivity index (χ1) is 10.3. The average molecular weight is 293 g/mol. The summed E-state index contributed by atoms with van der Waals surface area (Å²) < 4.78 is 2.18. The highest BCUT2D eigenvalue weighted by molar-refractivity contribution is 5.78. The Hall–Kier alpha value is -2.29. The minimum Gasteiger partial charge on any atom is -0.365 e. The van der Waals surface area contributed by atoms with Gasteiger partial charge >= 0.3 is 0 Å². The summed E-state index contributed by atoms with van der Waals surface area (Å²) in [7, 11) is 0. The maximum absolute atomic E-state index is 4.91. The van der Waals surface area contributed by atoms with E-state index in [4.69, 9.17) is 4.98 Å². The number of benzene rings is 1. The van der Waals surface area contributed by atoms with Crippen molar-refractivity contribution < 1.29 is 0 Å². The number of aromatic nitrogens is 2. The first kappa shape index (κ1) is 14.6. The van der Waals surface area contributed by atoms with Crippen LogP contribution in [0.3, 0.4) is 0 Å². The maximum Gasteiger partial charge on any atom is 0.142 e. The molecule has 0 atom stereocenters. The highest BCUT2D eigenvalue weighted by atomic mass is 15.2. The molecule has 3 heteroatoms. The SMILES string of the molecule is Cc1cc(C)c2nc(-c3ccccc3)c(NC(C)(C)C)n2c1. The van der Waals surface area contributed by atoms with Crippen LogP contribution in [0, 0.1) is 13.8 Å². The molecule has 0 bridgehead atoms. The van der Waals surface area contributed by atoms with E-state index in [0.29, 0.717) is 0 Å². The third kappa shape index (κ3) is 2.71. The summed E-state index contributed by atoms with van der Waals surface area (Å²) in [5, 5.41) is 3.63. The van der Waals surface area contributed by atoms with Gasteiger partial charge in [0.25, 0.3) is 0 Å². The summed E-state index contributed by atoms with van der Waals surface area (Å²) in [5.41, 5.74) is 5.55. The van der Waals surface area contributed by atoms with Crippen molar-refractivity contribution in [2.75, 3.05) is 5.32 Å². The topological polar surface area (TPSA) is 29.3 Å². The molecule has 0 aliphatic carbocycles. The van der Waals surface area contributed by atoms with Gasteiger partial charge in [0.1, 0.15) is 17.2 Å². The molecular formula is C19H23N3. The molecule has 3 nitrogen and oxygen atoms in total. The Balaban J connectivity index is 2.31. The van der Waals surface area contributed by atoms with Crippen molar-refractivity contribution in [1.82, 2.24) is 9.38 Å². The Labute approximate surface area is 132 Å². The Bertz CT molecular complexity index is 808. The summed E-state index contributed by atoms with van der Waals surface area (Å²) >= 11 is 0. The molecule has 0 amide bonds. The molecule has 0 aliphatic heterocycles. The predicted octanol–water partition coefficient (Wildman–Crippen LogP) is 4.83. The van der Waals surface area contributed by atoms with Crippen LogP contribution in [0.2, 0.25) is 0 Å². The number of nitrogens with zero attached hydrogens (tertiary/aromatic N) is 2. The summed E-state index contributed by atoms with van der Waals surface area (Å²) in [4.78, 5) is 4.91. The van der Waals surface area contributed by atoms with E-state index in [1.54, 1.807) is 0 Å². The lowest BCUT2D eigenvalue weighted by atomic mass is 10.1. The Kier molecular flexibility index (Phi) is 3.44. The van der Waals surface area contributed by atoms with Gasteiger partial charge in [0.2, 0.25) is 0 Å². The van der Waals surface area contributed by atoms with Crippen molar-refractivity contribution in [3.05, 3.63) is 53.7 Å². The van der Waals surface area contributed by atoms with E-state index < -0.39 is 0 Å². The Morgan fingerprint density at radius 1 is 1.05 bits per heavy atom. The smallest absolute Gasteiger partial charge is 0.142 e. The fourth-order valence-electron chi connectivity index (χ4n) is 2.76. The number of nitrogens with one attached hydrogen (secondary N) is 1. The number of anilines is 1. The monoisotopic (exact) mass is 293 g/mol. The standard InChI is InChI=1S/C19H23N3/c1-13-11-14(2)17-20-16(15-9-7-6-8-10-15)18(22(17)12-13)21-19(3,4)5/h6-12,21H,1-5H3. The van der Waals surface area contributed by atoms with Crippen molar-refractivity contribution >= 4 is 11.5 Å². The van der Waals surface area contributed by atoms with Crippen LogP contribution in [-0.2, 0) is 0 Å².